The molecule has 30 heavy (non-hydrogen) atoms. The van der Waals surface area contributed by atoms with E-state index in [-0.39, 0.29) is 11.8 Å². The van der Waals surface area contributed by atoms with Crippen LogP contribution in [-0.2, 0) is 17.6 Å². The molecule has 0 spiro atoms. The summed E-state index contributed by atoms with van der Waals surface area (Å²) in [5, 5.41) is 0. The maximum absolute atomic E-state index is 12.9. The van der Waals surface area contributed by atoms with Gasteiger partial charge in [0.2, 0.25) is 5.91 Å². The molecule has 4 rings (SSSR count). The fourth-order valence-corrected chi connectivity index (χ4v) is 4.55. The second kappa shape index (κ2) is 9.24. The summed E-state index contributed by atoms with van der Waals surface area (Å²) < 4.78 is 0. The van der Waals surface area contributed by atoms with E-state index in [2.05, 4.69) is 30.2 Å². The van der Waals surface area contributed by atoms with Crippen molar-refractivity contribution in [2.45, 2.75) is 32.1 Å². The van der Waals surface area contributed by atoms with Gasteiger partial charge in [-0.1, -0.05) is 42.5 Å². The number of carbonyl (C=O) groups excluding carboxylic acids is 1. The first kappa shape index (κ1) is 20.3. The Morgan fingerprint density at radius 3 is 2.43 bits per heavy atom. The highest BCUT2D eigenvalue weighted by Gasteiger charge is 2.31. The predicted octanol–water partition coefficient (Wildman–Crippen LogP) is 4.05. The molecule has 5 nitrogen and oxygen atoms in total. The first-order valence-electron chi connectivity index (χ1n) is 10.9. The Morgan fingerprint density at radius 2 is 1.77 bits per heavy atom. The summed E-state index contributed by atoms with van der Waals surface area (Å²) in [6.45, 7) is 10.4. The largest absolute Gasteiger partial charge is 0.356 e. The number of hydrogen-bond acceptors (Lipinski definition) is 4. The minimum absolute atomic E-state index is 0.0598. The summed E-state index contributed by atoms with van der Waals surface area (Å²) in [5.74, 6) is 2.17. The van der Waals surface area contributed by atoms with Gasteiger partial charge in [-0.3, -0.25) is 4.79 Å². The number of fused-ring (bicyclic) bond motifs is 1. The number of piperidine rings is 1. The van der Waals surface area contributed by atoms with Crippen LogP contribution in [0, 0.1) is 5.92 Å². The van der Waals surface area contributed by atoms with Crippen LogP contribution >= 0.6 is 0 Å². The van der Waals surface area contributed by atoms with Gasteiger partial charge in [0.05, 0.1) is 0 Å². The summed E-state index contributed by atoms with van der Waals surface area (Å²) in [5.41, 5.74) is 3.56. The smallest absolute Gasteiger partial charge is 0.226 e. The van der Waals surface area contributed by atoms with E-state index in [4.69, 9.17) is 9.97 Å². The lowest BCUT2D eigenvalue weighted by molar-refractivity contribution is -0.135. The van der Waals surface area contributed by atoms with Crippen molar-refractivity contribution in [1.82, 2.24) is 14.9 Å². The molecule has 1 amide bonds. The Hall–Kier alpha value is -2.95. The first-order valence-corrected chi connectivity index (χ1v) is 10.9. The molecular weight excluding hydrogens is 372 g/mol. The third kappa shape index (κ3) is 4.16. The van der Waals surface area contributed by atoms with Crippen molar-refractivity contribution in [3.63, 3.8) is 0 Å². The zero-order chi connectivity index (χ0) is 20.9. The number of aromatic nitrogens is 2. The molecule has 2 heterocycles. The number of aryl methyl sites for hydroxylation is 1. The number of hydrogen-bond donors (Lipinski definition) is 0. The Bertz CT molecular complexity index is 906. The van der Waals surface area contributed by atoms with Crippen molar-refractivity contribution < 1.29 is 4.79 Å². The maximum atomic E-state index is 12.9. The van der Waals surface area contributed by atoms with E-state index in [1.54, 1.807) is 12.2 Å². The molecule has 0 bridgehead atoms. The number of amides is 1. The third-order valence-electron chi connectivity index (χ3n) is 6.10. The van der Waals surface area contributed by atoms with E-state index in [1.807, 2.05) is 23.1 Å². The second-order valence-corrected chi connectivity index (χ2v) is 8.10. The minimum atomic E-state index is 0.0598. The van der Waals surface area contributed by atoms with E-state index < -0.39 is 0 Å². The first-order chi connectivity index (χ1) is 14.7. The van der Waals surface area contributed by atoms with Crippen LogP contribution in [-0.4, -0.2) is 47.0 Å². The van der Waals surface area contributed by atoms with Gasteiger partial charge in [-0.15, -0.1) is 13.2 Å². The number of benzene rings is 1. The zero-order valence-corrected chi connectivity index (χ0v) is 17.6. The van der Waals surface area contributed by atoms with E-state index >= 15 is 0 Å². The highest BCUT2D eigenvalue weighted by Crippen LogP contribution is 2.33. The molecule has 156 valence electrons. The van der Waals surface area contributed by atoms with Crippen LogP contribution in [0.25, 0.3) is 11.4 Å². The lowest BCUT2D eigenvalue weighted by atomic mass is 9.94. The van der Waals surface area contributed by atoms with Gasteiger partial charge in [0.1, 0.15) is 5.82 Å². The number of nitrogens with zero attached hydrogens (tertiary/aromatic N) is 4. The van der Waals surface area contributed by atoms with E-state index in [9.17, 15) is 4.79 Å². The van der Waals surface area contributed by atoms with Crippen molar-refractivity contribution in [2.24, 2.45) is 5.92 Å². The average molecular weight is 403 g/mol. The molecule has 0 N–H and O–H groups in total. The van der Waals surface area contributed by atoms with Crippen LogP contribution in [0.5, 0.6) is 0 Å². The van der Waals surface area contributed by atoms with Crippen LogP contribution in [0.2, 0.25) is 0 Å². The van der Waals surface area contributed by atoms with Gasteiger partial charge in [-0.05, 0) is 32.1 Å². The molecule has 0 radical (unpaired) electrons. The summed E-state index contributed by atoms with van der Waals surface area (Å²) in [6.07, 6.45) is 8.48. The molecule has 1 aromatic heterocycles. The fraction of sp³-hybridized carbons (Fsp3) is 0.400. The molecule has 0 saturated carbocycles. The lowest BCUT2D eigenvalue weighted by Crippen LogP contribution is -2.43. The van der Waals surface area contributed by atoms with Crippen molar-refractivity contribution in [2.75, 3.05) is 31.1 Å². The van der Waals surface area contributed by atoms with Gasteiger partial charge in [0.25, 0.3) is 0 Å². The minimum Gasteiger partial charge on any atom is -0.356 e. The van der Waals surface area contributed by atoms with Gasteiger partial charge in [0.15, 0.2) is 5.82 Å². The summed E-state index contributed by atoms with van der Waals surface area (Å²) >= 11 is 0. The number of carbonyl (C=O) groups is 1. The normalized spacial score (nSPS) is 16.2. The van der Waals surface area contributed by atoms with Gasteiger partial charge in [-0.25, -0.2) is 9.97 Å². The molecule has 2 aliphatic rings. The quantitative estimate of drug-likeness (QED) is 0.656. The van der Waals surface area contributed by atoms with Crippen molar-refractivity contribution in [3.8, 4) is 11.4 Å². The van der Waals surface area contributed by atoms with Crippen LogP contribution in [0.15, 0.2) is 55.6 Å². The third-order valence-corrected chi connectivity index (χ3v) is 6.10. The maximum Gasteiger partial charge on any atom is 0.226 e. The molecule has 0 unspecified atom stereocenters. The lowest BCUT2D eigenvalue weighted by Gasteiger charge is -2.35. The van der Waals surface area contributed by atoms with Gasteiger partial charge >= 0.3 is 0 Å². The molecule has 1 aromatic carbocycles. The van der Waals surface area contributed by atoms with Crippen molar-refractivity contribution in [1.29, 1.82) is 0 Å². The molecule has 1 aliphatic heterocycles. The van der Waals surface area contributed by atoms with E-state index in [0.717, 1.165) is 62.4 Å². The number of rotatable bonds is 7. The summed E-state index contributed by atoms with van der Waals surface area (Å²) in [7, 11) is 0. The molecule has 0 atom stereocenters. The molecule has 1 saturated heterocycles. The zero-order valence-electron chi connectivity index (χ0n) is 17.6. The molecule has 5 heteroatoms. The number of anilines is 1. The molecular formula is C25H30N4O. The SMILES string of the molecule is C=CCN(CC=C)C(=O)C1CCN(c2nc(-c3ccccc3)nc3c2CCC3)CC1. The van der Waals surface area contributed by atoms with Crippen LogP contribution in [0.4, 0.5) is 5.82 Å². The van der Waals surface area contributed by atoms with Crippen LogP contribution in [0.3, 0.4) is 0 Å². The van der Waals surface area contributed by atoms with E-state index in [0.29, 0.717) is 13.1 Å². The Labute approximate surface area is 179 Å². The van der Waals surface area contributed by atoms with Crippen LogP contribution < -0.4 is 4.90 Å². The van der Waals surface area contributed by atoms with Crippen LogP contribution in [0.1, 0.15) is 30.5 Å². The Balaban J connectivity index is 1.52. The highest BCUT2D eigenvalue weighted by molar-refractivity contribution is 5.79. The predicted molar refractivity (Wildman–Crippen MR) is 121 cm³/mol. The van der Waals surface area contributed by atoms with Crippen molar-refractivity contribution >= 4 is 11.7 Å². The van der Waals surface area contributed by atoms with Crippen molar-refractivity contribution in [3.05, 3.63) is 66.9 Å². The van der Waals surface area contributed by atoms with Gasteiger partial charge in [0, 0.05) is 48.9 Å². The summed E-state index contributed by atoms with van der Waals surface area (Å²) in [4.78, 5) is 27.0. The Kier molecular flexibility index (Phi) is 6.26. The highest BCUT2D eigenvalue weighted by atomic mass is 16.2. The van der Waals surface area contributed by atoms with Gasteiger partial charge < -0.3 is 9.80 Å². The standard InChI is InChI=1S/C25H30N4O/c1-3-15-29(16-4-2)25(30)20-13-17-28(18-14-20)24-21-11-8-12-22(21)26-23(27-24)19-9-6-5-7-10-19/h3-7,9-10,20H,1-2,8,11-18H2. The molecule has 1 fully saturated rings. The molecule has 1 aliphatic carbocycles. The monoisotopic (exact) mass is 402 g/mol. The second-order valence-electron chi connectivity index (χ2n) is 8.10. The Morgan fingerprint density at radius 1 is 1.07 bits per heavy atom. The van der Waals surface area contributed by atoms with Gasteiger partial charge in [-0.2, -0.15) is 0 Å². The average Bonchev–Trinajstić information content (AvgIpc) is 3.27. The van der Waals surface area contributed by atoms with E-state index in [1.165, 1.54) is 11.3 Å². The molecule has 2 aromatic rings. The summed E-state index contributed by atoms with van der Waals surface area (Å²) in [6, 6.07) is 10.2. The fourth-order valence-electron chi connectivity index (χ4n) is 4.55. The topological polar surface area (TPSA) is 49.3 Å².